The van der Waals surface area contributed by atoms with Gasteiger partial charge in [-0.05, 0) is 43.0 Å². The van der Waals surface area contributed by atoms with E-state index >= 15 is 0 Å². The molecule has 0 aliphatic carbocycles. The first-order valence-corrected chi connectivity index (χ1v) is 10.7. The van der Waals surface area contributed by atoms with E-state index in [1.807, 2.05) is 0 Å². The molecule has 2 fully saturated rings. The summed E-state index contributed by atoms with van der Waals surface area (Å²) in [5.41, 5.74) is 0. The number of likely N-dealkylation sites (tertiary alicyclic amines) is 1. The van der Waals surface area contributed by atoms with Gasteiger partial charge >= 0.3 is 6.61 Å². The molecule has 2 aliphatic rings. The van der Waals surface area contributed by atoms with Crippen LogP contribution in [0.3, 0.4) is 0 Å². The molecular weight excluding hydrogens is 362 g/mol. The number of nitrogens with one attached hydrogen (secondary N) is 1. The van der Waals surface area contributed by atoms with E-state index in [1.54, 1.807) is 4.90 Å². The number of piperidine rings is 2. The standard InChI is InChI=1S/C18H26F2N2O3S/c1-14-6-10-21(11-7-14)15-8-12-22(13-9-15)26(23,24)17-4-2-16(3-5-17)25-18(19)20/h2-5,14-15,18H,6-13H2,1H3/p+1. The van der Waals surface area contributed by atoms with Crippen LogP contribution in [0.4, 0.5) is 8.78 Å². The Bertz CT molecular complexity index is 681. The Kier molecular flexibility index (Phi) is 6.14. The lowest BCUT2D eigenvalue weighted by molar-refractivity contribution is -0.932. The van der Waals surface area contributed by atoms with Gasteiger partial charge in [0.15, 0.2) is 0 Å². The number of quaternary nitrogens is 1. The lowest BCUT2D eigenvalue weighted by atomic mass is 9.95. The number of halogens is 2. The van der Waals surface area contributed by atoms with Crippen LogP contribution in [0.15, 0.2) is 29.2 Å². The zero-order chi connectivity index (χ0) is 18.7. The number of sulfonamides is 1. The van der Waals surface area contributed by atoms with E-state index in [-0.39, 0.29) is 10.6 Å². The molecule has 0 radical (unpaired) electrons. The van der Waals surface area contributed by atoms with E-state index in [1.165, 1.54) is 54.5 Å². The highest BCUT2D eigenvalue weighted by Crippen LogP contribution is 2.23. The van der Waals surface area contributed by atoms with Crippen LogP contribution >= 0.6 is 0 Å². The van der Waals surface area contributed by atoms with Gasteiger partial charge in [-0.1, -0.05) is 6.92 Å². The Hall–Kier alpha value is -1.25. The van der Waals surface area contributed by atoms with E-state index in [9.17, 15) is 17.2 Å². The van der Waals surface area contributed by atoms with Crippen molar-refractivity contribution in [3.63, 3.8) is 0 Å². The summed E-state index contributed by atoms with van der Waals surface area (Å²) in [6.07, 6.45) is 4.24. The molecule has 1 aromatic rings. The zero-order valence-corrected chi connectivity index (χ0v) is 15.9. The van der Waals surface area contributed by atoms with Gasteiger partial charge < -0.3 is 9.64 Å². The predicted octanol–water partition coefficient (Wildman–Crippen LogP) is 1.76. The third kappa shape index (κ3) is 4.53. The van der Waals surface area contributed by atoms with E-state index in [4.69, 9.17) is 0 Å². The van der Waals surface area contributed by atoms with Gasteiger partial charge in [0, 0.05) is 25.9 Å². The van der Waals surface area contributed by atoms with Crippen LogP contribution in [0.5, 0.6) is 5.75 Å². The van der Waals surface area contributed by atoms with E-state index < -0.39 is 16.6 Å². The lowest BCUT2D eigenvalue weighted by Crippen LogP contribution is -3.17. The quantitative estimate of drug-likeness (QED) is 0.835. The maximum absolute atomic E-state index is 12.8. The maximum atomic E-state index is 12.8. The van der Waals surface area contributed by atoms with Crippen molar-refractivity contribution >= 4 is 10.0 Å². The molecule has 0 spiro atoms. The minimum atomic E-state index is -3.59. The molecule has 146 valence electrons. The van der Waals surface area contributed by atoms with E-state index in [2.05, 4.69) is 11.7 Å². The molecule has 0 amide bonds. The molecule has 26 heavy (non-hydrogen) atoms. The van der Waals surface area contributed by atoms with Crippen molar-refractivity contribution < 1.29 is 26.8 Å². The fourth-order valence-electron chi connectivity index (χ4n) is 3.99. The number of nitrogens with zero attached hydrogens (tertiary/aromatic N) is 1. The van der Waals surface area contributed by atoms with Crippen molar-refractivity contribution in [2.75, 3.05) is 26.2 Å². The number of ether oxygens (including phenoxy) is 1. The average Bonchev–Trinajstić information content (AvgIpc) is 2.62. The van der Waals surface area contributed by atoms with Crippen molar-refractivity contribution in [3.8, 4) is 5.75 Å². The van der Waals surface area contributed by atoms with Crippen molar-refractivity contribution in [3.05, 3.63) is 24.3 Å². The summed E-state index contributed by atoms with van der Waals surface area (Å²) in [6, 6.07) is 5.73. The highest BCUT2D eigenvalue weighted by molar-refractivity contribution is 7.89. The normalized spacial score (nSPS) is 26.2. The molecule has 0 bridgehead atoms. The topological polar surface area (TPSA) is 51.0 Å². The van der Waals surface area contributed by atoms with Crippen molar-refractivity contribution in [1.82, 2.24) is 4.31 Å². The van der Waals surface area contributed by atoms with Gasteiger partial charge in [-0.15, -0.1) is 0 Å². The SMILES string of the molecule is CC1CC[NH+](C2CCN(S(=O)(=O)c3ccc(OC(F)F)cc3)CC2)CC1. The lowest BCUT2D eigenvalue weighted by Gasteiger charge is -2.38. The molecule has 1 aromatic carbocycles. The average molecular weight is 389 g/mol. The van der Waals surface area contributed by atoms with Crippen LogP contribution in [0.2, 0.25) is 0 Å². The van der Waals surface area contributed by atoms with Gasteiger partial charge in [0.1, 0.15) is 5.75 Å². The smallest absolute Gasteiger partial charge is 0.387 e. The van der Waals surface area contributed by atoms with Gasteiger partial charge in [0.25, 0.3) is 0 Å². The largest absolute Gasteiger partial charge is 0.435 e. The number of alkyl halides is 2. The second-order valence-electron chi connectivity index (χ2n) is 7.37. The summed E-state index contributed by atoms with van der Waals surface area (Å²) >= 11 is 0. The Labute approximate surface area is 154 Å². The highest BCUT2D eigenvalue weighted by Gasteiger charge is 2.34. The Morgan fingerprint density at radius 1 is 1.08 bits per heavy atom. The van der Waals surface area contributed by atoms with Gasteiger partial charge in [0.2, 0.25) is 10.0 Å². The number of benzene rings is 1. The van der Waals surface area contributed by atoms with Crippen LogP contribution in [-0.2, 0) is 10.0 Å². The van der Waals surface area contributed by atoms with E-state index in [0.717, 1.165) is 18.8 Å². The maximum Gasteiger partial charge on any atom is 0.387 e. The fourth-order valence-corrected chi connectivity index (χ4v) is 5.46. The predicted molar refractivity (Wildman–Crippen MR) is 93.9 cm³/mol. The summed E-state index contributed by atoms with van der Waals surface area (Å²) in [5.74, 6) is 0.761. The third-order valence-corrected chi connectivity index (χ3v) is 7.55. The summed E-state index contributed by atoms with van der Waals surface area (Å²) in [4.78, 5) is 1.74. The van der Waals surface area contributed by atoms with Crippen LogP contribution in [0.1, 0.15) is 32.6 Å². The second-order valence-corrected chi connectivity index (χ2v) is 9.31. The summed E-state index contributed by atoms with van der Waals surface area (Å²) < 4.78 is 55.8. The van der Waals surface area contributed by atoms with Gasteiger partial charge in [0.05, 0.1) is 24.0 Å². The molecule has 2 aliphatic heterocycles. The molecule has 0 atom stereocenters. The summed E-state index contributed by atoms with van der Waals surface area (Å²) in [7, 11) is -3.59. The molecule has 2 saturated heterocycles. The molecule has 8 heteroatoms. The molecule has 1 N–H and O–H groups in total. The van der Waals surface area contributed by atoms with Gasteiger partial charge in [-0.2, -0.15) is 13.1 Å². The monoisotopic (exact) mass is 389 g/mol. The van der Waals surface area contributed by atoms with Crippen molar-refractivity contribution in [2.45, 2.75) is 50.2 Å². The molecule has 5 nitrogen and oxygen atoms in total. The molecule has 0 saturated carbocycles. The fraction of sp³-hybridized carbons (Fsp3) is 0.667. The summed E-state index contributed by atoms with van der Waals surface area (Å²) in [5, 5.41) is 0. The summed E-state index contributed by atoms with van der Waals surface area (Å²) in [6.45, 7) is 2.78. The highest BCUT2D eigenvalue weighted by atomic mass is 32.2. The molecule has 3 rings (SSSR count). The first kappa shape index (κ1) is 19.5. The first-order chi connectivity index (χ1) is 12.4. The minimum Gasteiger partial charge on any atom is -0.435 e. The molecule has 0 unspecified atom stereocenters. The van der Waals surface area contributed by atoms with Gasteiger partial charge in [-0.3, -0.25) is 0 Å². The molecule has 2 heterocycles. The molecular formula is C18H27F2N2O3S+. The van der Waals surface area contributed by atoms with Crippen LogP contribution in [0, 0.1) is 5.92 Å². The third-order valence-electron chi connectivity index (χ3n) is 5.63. The number of hydrogen-bond donors (Lipinski definition) is 1. The minimum absolute atomic E-state index is 0.0411. The Balaban J connectivity index is 1.59. The molecule has 0 aromatic heterocycles. The van der Waals surface area contributed by atoms with Crippen LogP contribution in [-0.4, -0.2) is 51.6 Å². The zero-order valence-electron chi connectivity index (χ0n) is 15.0. The van der Waals surface area contributed by atoms with Crippen molar-refractivity contribution in [1.29, 1.82) is 0 Å². The second kappa shape index (κ2) is 8.19. The van der Waals surface area contributed by atoms with E-state index in [0.29, 0.717) is 19.1 Å². The Morgan fingerprint density at radius 2 is 1.65 bits per heavy atom. The first-order valence-electron chi connectivity index (χ1n) is 9.26. The van der Waals surface area contributed by atoms with Crippen LogP contribution < -0.4 is 9.64 Å². The van der Waals surface area contributed by atoms with Gasteiger partial charge in [-0.25, -0.2) is 8.42 Å². The van der Waals surface area contributed by atoms with Crippen molar-refractivity contribution in [2.24, 2.45) is 5.92 Å². The number of hydrogen-bond acceptors (Lipinski definition) is 3. The number of rotatable bonds is 5. The Morgan fingerprint density at radius 3 is 2.19 bits per heavy atom. The van der Waals surface area contributed by atoms with Crippen LogP contribution in [0.25, 0.3) is 0 Å².